The van der Waals surface area contributed by atoms with E-state index in [1.54, 1.807) is 6.07 Å². The molecule has 1 aromatic carbocycles. The minimum atomic E-state index is -0.300. The van der Waals surface area contributed by atoms with Crippen LogP contribution < -0.4 is 16.4 Å². The molecule has 0 aromatic heterocycles. The molecule has 6 heteroatoms. The molecule has 6 nitrogen and oxygen atoms in total. The van der Waals surface area contributed by atoms with Gasteiger partial charge in [-0.05, 0) is 38.5 Å². The van der Waals surface area contributed by atoms with E-state index in [2.05, 4.69) is 10.6 Å². The number of hydrogen-bond donors (Lipinski definition) is 3. The Morgan fingerprint density at radius 1 is 1.33 bits per heavy atom. The molecule has 1 rings (SSSR count). The number of benzene rings is 1. The fourth-order valence-corrected chi connectivity index (χ4v) is 1.85. The van der Waals surface area contributed by atoms with Crippen molar-refractivity contribution in [2.45, 2.75) is 33.4 Å². The zero-order valence-electron chi connectivity index (χ0n) is 12.8. The summed E-state index contributed by atoms with van der Waals surface area (Å²) in [6.45, 7) is 6.50. The van der Waals surface area contributed by atoms with E-state index >= 15 is 0 Å². The van der Waals surface area contributed by atoms with Crippen LogP contribution in [0.3, 0.4) is 0 Å². The summed E-state index contributed by atoms with van der Waals surface area (Å²) < 4.78 is 0. The van der Waals surface area contributed by atoms with Gasteiger partial charge in [0.15, 0.2) is 0 Å². The van der Waals surface area contributed by atoms with E-state index in [4.69, 9.17) is 5.73 Å². The van der Waals surface area contributed by atoms with Gasteiger partial charge < -0.3 is 21.3 Å². The van der Waals surface area contributed by atoms with Gasteiger partial charge in [-0.25, -0.2) is 4.79 Å². The Bertz CT molecular complexity index is 488. The Balaban J connectivity index is 2.64. The first kappa shape index (κ1) is 17.0. The van der Waals surface area contributed by atoms with Gasteiger partial charge in [0, 0.05) is 24.8 Å². The molecule has 0 atom stereocenters. The second kappa shape index (κ2) is 8.26. The largest absolute Gasteiger partial charge is 0.352 e. The van der Waals surface area contributed by atoms with Gasteiger partial charge in [-0.1, -0.05) is 12.1 Å². The lowest BCUT2D eigenvalue weighted by molar-refractivity contribution is -0.122. The molecule has 116 valence electrons. The topological polar surface area (TPSA) is 87.5 Å². The van der Waals surface area contributed by atoms with Crippen LogP contribution in [0, 0.1) is 0 Å². The summed E-state index contributed by atoms with van der Waals surface area (Å²) in [4.78, 5) is 25.4. The molecular weight excluding hydrogens is 268 g/mol. The molecular formula is C15H24N4O2. The van der Waals surface area contributed by atoms with Gasteiger partial charge >= 0.3 is 6.03 Å². The SMILES string of the molecule is CCN(CC(=O)NC(C)C)C(=O)Nc1cccc(CN)c1. The highest BCUT2D eigenvalue weighted by molar-refractivity contribution is 5.92. The number of nitrogens with zero attached hydrogens (tertiary/aromatic N) is 1. The quantitative estimate of drug-likeness (QED) is 0.743. The van der Waals surface area contributed by atoms with E-state index in [0.717, 1.165) is 5.56 Å². The summed E-state index contributed by atoms with van der Waals surface area (Å²) in [5.41, 5.74) is 7.18. The Morgan fingerprint density at radius 3 is 2.62 bits per heavy atom. The van der Waals surface area contributed by atoms with E-state index in [0.29, 0.717) is 18.8 Å². The first-order chi connectivity index (χ1) is 9.96. The number of anilines is 1. The van der Waals surface area contributed by atoms with Crippen LogP contribution in [0.15, 0.2) is 24.3 Å². The maximum absolute atomic E-state index is 12.2. The third-order valence-electron chi connectivity index (χ3n) is 2.87. The number of likely N-dealkylation sites (N-methyl/N-ethyl adjacent to an activating group) is 1. The number of amides is 3. The summed E-state index contributed by atoms with van der Waals surface area (Å²) in [6.07, 6.45) is 0. The summed E-state index contributed by atoms with van der Waals surface area (Å²) in [7, 11) is 0. The van der Waals surface area contributed by atoms with Gasteiger partial charge in [0.1, 0.15) is 6.54 Å². The molecule has 21 heavy (non-hydrogen) atoms. The van der Waals surface area contributed by atoms with Crippen LogP contribution in [0.1, 0.15) is 26.3 Å². The first-order valence-corrected chi connectivity index (χ1v) is 7.10. The van der Waals surface area contributed by atoms with Gasteiger partial charge in [-0.2, -0.15) is 0 Å². The summed E-state index contributed by atoms with van der Waals surface area (Å²) in [5.74, 6) is -0.169. The molecule has 0 aliphatic rings. The van der Waals surface area contributed by atoms with Crippen LogP contribution in [-0.2, 0) is 11.3 Å². The number of carbonyl (C=O) groups is 2. The lowest BCUT2D eigenvalue weighted by Crippen LogP contribution is -2.44. The molecule has 0 aliphatic carbocycles. The number of rotatable bonds is 6. The van der Waals surface area contributed by atoms with Crippen LogP contribution in [0.5, 0.6) is 0 Å². The molecule has 0 saturated heterocycles. The van der Waals surface area contributed by atoms with Crippen molar-refractivity contribution >= 4 is 17.6 Å². The maximum Gasteiger partial charge on any atom is 0.322 e. The molecule has 4 N–H and O–H groups in total. The minimum absolute atomic E-state index is 0.0388. The van der Waals surface area contributed by atoms with E-state index in [1.807, 2.05) is 39.0 Å². The molecule has 0 fully saturated rings. The van der Waals surface area contributed by atoms with Gasteiger partial charge in [0.25, 0.3) is 0 Å². The summed E-state index contributed by atoms with van der Waals surface area (Å²) >= 11 is 0. The van der Waals surface area contributed by atoms with Gasteiger partial charge in [0.2, 0.25) is 5.91 Å². The average Bonchev–Trinajstić information content (AvgIpc) is 2.44. The Morgan fingerprint density at radius 2 is 2.05 bits per heavy atom. The van der Waals surface area contributed by atoms with Crippen molar-refractivity contribution in [2.24, 2.45) is 5.73 Å². The highest BCUT2D eigenvalue weighted by atomic mass is 16.2. The van der Waals surface area contributed by atoms with E-state index in [-0.39, 0.29) is 24.5 Å². The average molecular weight is 292 g/mol. The molecule has 0 radical (unpaired) electrons. The highest BCUT2D eigenvalue weighted by Crippen LogP contribution is 2.11. The molecule has 0 saturated carbocycles. The van der Waals surface area contributed by atoms with Crippen molar-refractivity contribution in [3.8, 4) is 0 Å². The van der Waals surface area contributed by atoms with Gasteiger partial charge in [0.05, 0.1) is 0 Å². The smallest absolute Gasteiger partial charge is 0.322 e. The zero-order chi connectivity index (χ0) is 15.8. The fourth-order valence-electron chi connectivity index (χ4n) is 1.85. The number of urea groups is 1. The van der Waals surface area contributed by atoms with Gasteiger partial charge in [-0.3, -0.25) is 4.79 Å². The van der Waals surface area contributed by atoms with Crippen LogP contribution in [0.25, 0.3) is 0 Å². The monoisotopic (exact) mass is 292 g/mol. The molecule has 0 aliphatic heterocycles. The number of nitrogens with one attached hydrogen (secondary N) is 2. The Hall–Kier alpha value is -2.08. The second-order valence-electron chi connectivity index (χ2n) is 5.07. The molecule has 0 spiro atoms. The summed E-state index contributed by atoms with van der Waals surface area (Å²) in [6, 6.07) is 7.09. The van der Waals surface area contributed by atoms with E-state index < -0.39 is 0 Å². The zero-order valence-corrected chi connectivity index (χ0v) is 12.8. The fraction of sp³-hybridized carbons (Fsp3) is 0.467. The molecule has 0 bridgehead atoms. The van der Waals surface area contributed by atoms with Crippen molar-refractivity contribution in [1.29, 1.82) is 0 Å². The highest BCUT2D eigenvalue weighted by Gasteiger charge is 2.16. The van der Waals surface area contributed by atoms with Crippen LogP contribution in [-0.4, -0.2) is 36.0 Å². The molecule has 1 aromatic rings. The normalized spacial score (nSPS) is 10.3. The van der Waals surface area contributed by atoms with E-state index in [1.165, 1.54) is 4.90 Å². The predicted molar refractivity (Wildman–Crippen MR) is 83.9 cm³/mol. The number of carbonyl (C=O) groups excluding carboxylic acids is 2. The van der Waals surface area contributed by atoms with Gasteiger partial charge in [-0.15, -0.1) is 0 Å². The summed E-state index contributed by atoms with van der Waals surface area (Å²) in [5, 5.41) is 5.55. The lowest BCUT2D eigenvalue weighted by atomic mass is 10.2. The first-order valence-electron chi connectivity index (χ1n) is 7.10. The van der Waals surface area contributed by atoms with Crippen LogP contribution in [0.4, 0.5) is 10.5 Å². The number of nitrogens with two attached hydrogens (primary N) is 1. The van der Waals surface area contributed by atoms with Crippen molar-refractivity contribution < 1.29 is 9.59 Å². The van der Waals surface area contributed by atoms with Crippen LogP contribution in [0.2, 0.25) is 0 Å². The number of hydrogen-bond acceptors (Lipinski definition) is 3. The van der Waals surface area contributed by atoms with Crippen molar-refractivity contribution in [3.63, 3.8) is 0 Å². The molecule has 0 unspecified atom stereocenters. The lowest BCUT2D eigenvalue weighted by Gasteiger charge is -2.21. The third kappa shape index (κ3) is 5.83. The van der Waals surface area contributed by atoms with Crippen LogP contribution >= 0.6 is 0 Å². The second-order valence-corrected chi connectivity index (χ2v) is 5.07. The van der Waals surface area contributed by atoms with E-state index in [9.17, 15) is 9.59 Å². The molecule has 3 amide bonds. The Labute approximate surface area is 125 Å². The maximum atomic E-state index is 12.2. The standard InChI is InChI=1S/C15H24N4O2/c1-4-19(10-14(20)17-11(2)3)15(21)18-13-7-5-6-12(8-13)9-16/h5-8,11H,4,9-10,16H2,1-3H3,(H,17,20)(H,18,21). The molecule has 0 heterocycles. The van der Waals surface area contributed by atoms with Crippen molar-refractivity contribution in [1.82, 2.24) is 10.2 Å². The van der Waals surface area contributed by atoms with Crippen molar-refractivity contribution in [2.75, 3.05) is 18.4 Å². The predicted octanol–water partition coefficient (Wildman–Crippen LogP) is 1.52. The van der Waals surface area contributed by atoms with Crippen molar-refractivity contribution in [3.05, 3.63) is 29.8 Å². The third-order valence-corrected chi connectivity index (χ3v) is 2.87. The minimum Gasteiger partial charge on any atom is -0.352 e. The Kier molecular flexibility index (Phi) is 6.68.